The van der Waals surface area contributed by atoms with Crippen molar-refractivity contribution < 1.29 is 0 Å². The molecule has 2 N–H and O–H groups in total. The molecule has 2 rings (SSSR count). The number of anilines is 1. The molecule has 2 aromatic rings. The summed E-state index contributed by atoms with van der Waals surface area (Å²) in [5.41, 5.74) is 10.5. The highest BCUT2D eigenvalue weighted by molar-refractivity contribution is 7.18. The van der Waals surface area contributed by atoms with Crippen LogP contribution in [0.15, 0.2) is 18.2 Å². The highest BCUT2D eigenvalue weighted by Crippen LogP contribution is 2.31. The zero-order chi connectivity index (χ0) is 11.0. The molecule has 0 radical (unpaired) electrons. The van der Waals surface area contributed by atoms with E-state index in [0.717, 1.165) is 15.7 Å². The molecule has 0 bridgehead atoms. The van der Waals surface area contributed by atoms with E-state index < -0.39 is 0 Å². The monoisotopic (exact) mass is 218 g/mol. The highest BCUT2D eigenvalue weighted by Gasteiger charge is 2.08. The Kier molecular flexibility index (Phi) is 2.49. The number of benzene rings is 1. The van der Waals surface area contributed by atoms with Crippen LogP contribution in [-0.4, -0.2) is 4.98 Å². The second-order valence-corrected chi connectivity index (χ2v) is 4.82. The molecule has 0 unspecified atom stereocenters. The molecular weight excluding hydrogens is 204 g/mol. The van der Waals surface area contributed by atoms with Crippen LogP contribution in [0.2, 0.25) is 0 Å². The molecule has 1 aromatic heterocycles. The predicted octanol–water partition coefficient (Wildman–Crippen LogP) is 3.32. The van der Waals surface area contributed by atoms with Gasteiger partial charge in [0.15, 0.2) is 0 Å². The summed E-state index contributed by atoms with van der Waals surface area (Å²) < 4.78 is 0. The molecule has 1 heterocycles. The maximum atomic E-state index is 5.81. The first-order chi connectivity index (χ1) is 7.08. The number of hydrogen-bond donors (Lipinski definition) is 1. The second kappa shape index (κ2) is 3.66. The summed E-state index contributed by atoms with van der Waals surface area (Å²) in [7, 11) is 0. The molecule has 2 nitrogen and oxygen atoms in total. The zero-order valence-corrected chi connectivity index (χ0v) is 9.98. The Bertz CT molecular complexity index is 481. The van der Waals surface area contributed by atoms with Gasteiger partial charge < -0.3 is 5.73 Å². The Balaban J connectivity index is 2.54. The van der Waals surface area contributed by atoms with Crippen molar-refractivity contribution in [3.63, 3.8) is 0 Å². The van der Waals surface area contributed by atoms with Crippen LogP contribution < -0.4 is 5.73 Å². The van der Waals surface area contributed by atoms with E-state index in [1.807, 2.05) is 6.92 Å². The van der Waals surface area contributed by atoms with Gasteiger partial charge in [-0.25, -0.2) is 4.98 Å². The first kappa shape index (κ1) is 10.2. The van der Waals surface area contributed by atoms with E-state index in [9.17, 15) is 0 Å². The molecular formula is C12H14N2S. The highest BCUT2D eigenvalue weighted by atomic mass is 32.1. The third-order valence-electron chi connectivity index (χ3n) is 2.44. The number of nitrogen functional groups attached to an aromatic ring is 1. The third kappa shape index (κ3) is 1.88. The first-order valence-corrected chi connectivity index (χ1v) is 5.70. The number of nitrogens with zero attached hydrogens (tertiary/aromatic N) is 1. The van der Waals surface area contributed by atoms with Crippen LogP contribution >= 0.6 is 11.3 Å². The molecule has 0 saturated carbocycles. The van der Waals surface area contributed by atoms with Crippen molar-refractivity contribution in [1.29, 1.82) is 0 Å². The maximum Gasteiger partial charge on any atom is 0.125 e. The summed E-state index contributed by atoms with van der Waals surface area (Å²) in [5, 5.41) is 1.83. The van der Waals surface area contributed by atoms with Gasteiger partial charge in [-0.3, -0.25) is 0 Å². The minimum Gasteiger partial charge on any atom is -0.389 e. The fourth-order valence-corrected chi connectivity index (χ4v) is 2.50. The number of rotatable bonds is 1. The number of nitrogens with two attached hydrogens (primary N) is 1. The molecule has 3 heteroatoms. The number of aromatic nitrogens is 1. The van der Waals surface area contributed by atoms with E-state index in [-0.39, 0.29) is 0 Å². The van der Waals surface area contributed by atoms with Gasteiger partial charge >= 0.3 is 0 Å². The van der Waals surface area contributed by atoms with Gasteiger partial charge in [0.05, 0.1) is 5.69 Å². The molecule has 78 valence electrons. The summed E-state index contributed by atoms with van der Waals surface area (Å²) in [6, 6.07) is 6.39. The lowest BCUT2D eigenvalue weighted by Crippen LogP contribution is -1.84. The van der Waals surface area contributed by atoms with Crippen LogP contribution in [-0.2, 0) is 0 Å². The Morgan fingerprint density at radius 3 is 2.47 bits per heavy atom. The maximum absolute atomic E-state index is 5.81. The lowest BCUT2D eigenvalue weighted by atomic mass is 10.1. The van der Waals surface area contributed by atoms with Crippen molar-refractivity contribution >= 4 is 16.3 Å². The minimum atomic E-state index is 0.810. The molecule has 15 heavy (non-hydrogen) atoms. The standard InChI is InChI=1S/C12H14N2S/c1-7-4-5-10(8(2)6-7)12-14-9(3)11(13)15-12/h4-6H,13H2,1-3H3. The fraction of sp³-hybridized carbons (Fsp3) is 0.250. The largest absolute Gasteiger partial charge is 0.389 e. The average Bonchev–Trinajstić information content (AvgIpc) is 2.46. The van der Waals surface area contributed by atoms with Crippen molar-refractivity contribution in [1.82, 2.24) is 4.98 Å². The SMILES string of the molecule is Cc1ccc(-c2nc(C)c(N)s2)c(C)c1. The molecule has 0 aliphatic heterocycles. The number of hydrogen-bond acceptors (Lipinski definition) is 3. The summed E-state index contributed by atoms with van der Waals surface area (Å²) in [6.07, 6.45) is 0. The summed E-state index contributed by atoms with van der Waals surface area (Å²) >= 11 is 1.55. The van der Waals surface area contributed by atoms with E-state index in [2.05, 4.69) is 37.0 Å². The number of aryl methyl sites for hydroxylation is 3. The normalized spacial score (nSPS) is 10.6. The van der Waals surface area contributed by atoms with Gasteiger partial charge in [0.1, 0.15) is 10.0 Å². The fourth-order valence-electron chi connectivity index (χ4n) is 1.58. The van der Waals surface area contributed by atoms with E-state index in [4.69, 9.17) is 5.73 Å². The molecule has 0 aliphatic carbocycles. The smallest absolute Gasteiger partial charge is 0.125 e. The predicted molar refractivity (Wildman–Crippen MR) is 66.2 cm³/mol. The van der Waals surface area contributed by atoms with Crippen molar-refractivity contribution in [2.45, 2.75) is 20.8 Å². The lowest BCUT2D eigenvalue weighted by Gasteiger charge is -2.02. The molecule has 0 spiro atoms. The Hall–Kier alpha value is -1.35. The molecule has 0 saturated heterocycles. The molecule has 0 aliphatic rings. The van der Waals surface area contributed by atoms with Crippen LogP contribution in [0.5, 0.6) is 0 Å². The quantitative estimate of drug-likeness (QED) is 0.797. The summed E-state index contributed by atoms with van der Waals surface area (Å²) in [6.45, 7) is 6.15. The van der Waals surface area contributed by atoms with Crippen molar-refractivity contribution in [2.24, 2.45) is 0 Å². The molecule has 0 amide bonds. The van der Waals surface area contributed by atoms with Gasteiger partial charge in [-0.15, -0.1) is 0 Å². The molecule has 0 fully saturated rings. The minimum absolute atomic E-state index is 0.810. The van der Waals surface area contributed by atoms with Gasteiger partial charge in [-0.05, 0) is 26.3 Å². The Morgan fingerprint density at radius 1 is 1.20 bits per heavy atom. The summed E-state index contributed by atoms with van der Waals surface area (Å²) in [4.78, 5) is 4.46. The Labute approximate surface area is 93.8 Å². The van der Waals surface area contributed by atoms with Crippen molar-refractivity contribution in [3.05, 3.63) is 35.0 Å². The van der Waals surface area contributed by atoms with Crippen LogP contribution in [0, 0.1) is 20.8 Å². The first-order valence-electron chi connectivity index (χ1n) is 4.88. The van der Waals surface area contributed by atoms with Crippen molar-refractivity contribution in [2.75, 3.05) is 5.73 Å². The van der Waals surface area contributed by atoms with Gasteiger partial charge in [0.2, 0.25) is 0 Å². The van der Waals surface area contributed by atoms with Crippen LogP contribution in [0.4, 0.5) is 5.00 Å². The second-order valence-electron chi connectivity index (χ2n) is 3.79. The topological polar surface area (TPSA) is 38.9 Å². The molecule has 1 aromatic carbocycles. The van der Waals surface area contributed by atoms with E-state index in [0.29, 0.717) is 0 Å². The van der Waals surface area contributed by atoms with E-state index >= 15 is 0 Å². The van der Waals surface area contributed by atoms with Crippen LogP contribution in [0.25, 0.3) is 10.6 Å². The van der Waals surface area contributed by atoms with Crippen LogP contribution in [0.3, 0.4) is 0 Å². The van der Waals surface area contributed by atoms with E-state index in [1.165, 1.54) is 16.7 Å². The number of thiazole rings is 1. The zero-order valence-electron chi connectivity index (χ0n) is 9.16. The van der Waals surface area contributed by atoms with E-state index in [1.54, 1.807) is 11.3 Å². The van der Waals surface area contributed by atoms with Crippen LogP contribution in [0.1, 0.15) is 16.8 Å². The third-order valence-corrected chi connectivity index (χ3v) is 3.46. The van der Waals surface area contributed by atoms with Gasteiger partial charge in [-0.2, -0.15) is 0 Å². The lowest BCUT2D eigenvalue weighted by molar-refractivity contribution is 1.26. The Morgan fingerprint density at radius 2 is 1.93 bits per heavy atom. The van der Waals surface area contributed by atoms with Crippen molar-refractivity contribution in [3.8, 4) is 10.6 Å². The van der Waals surface area contributed by atoms with Gasteiger partial charge in [0.25, 0.3) is 0 Å². The van der Waals surface area contributed by atoms with Gasteiger partial charge in [0, 0.05) is 5.56 Å². The summed E-state index contributed by atoms with van der Waals surface area (Å²) in [5.74, 6) is 0. The average molecular weight is 218 g/mol. The molecule has 0 atom stereocenters. The van der Waals surface area contributed by atoms with Gasteiger partial charge in [-0.1, -0.05) is 35.1 Å².